The molecule has 11 heteroatoms. The van der Waals surface area contributed by atoms with Crippen LogP contribution in [0.4, 0.5) is 4.79 Å². The number of likely N-dealkylation sites (N-methyl/N-ethyl adjacent to an activating group) is 1. The van der Waals surface area contributed by atoms with Crippen molar-refractivity contribution in [3.05, 3.63) is 74.8 Å². The highest BCUT2D eigenvalue weighted by molar-refractivity contribution is 9.10. The Kier molecular flexibility index (Phi) is 6.93. The Morgan fingerprint density at radius 2 is 1.85 bits per heavy atom. The van der Waals surface area contributed by atoms with Crippen molar-refractivity contribution in [2.75, 3.05) is 34.6 Å². The molecule has 0 saturated heterocycles. The van der Waals surface area contributed by atoms with E-state index in [0.717, 1.165) is 27.6 Å². The first-order chi connectivity index (χ1) is 19.4. The molecule has 0 spiro atoms. The second kappa shape index (κ2) is 10.5. The van der Waals surface area contributed by atoms with E-state index >= 15 is 0 Å². The summed E-state index contributed by atoms with van der Waals surface area (Å²) in [5, 5.41) is 2.72. The molecule has 3 heterocycles. The number of fused-ring (bicyclic) bond motifs is 3. The lowest BCUT2D eigenvalue weighted by atomic mass is 9.85. The number of nitrogens with one attached hydrogen (secondary N) is 1. The summed E-state index contributed by atoms with van der Waals surface area (Å²) in [6, 6.07) is 12.5. The molecule has 0 aliphatic carbocycles. The van der Waals surface area contributed by atoms with Crippen molar-refractivity contribution in [3.63, 3.8) is 0 Å². The van der Waals surface area contributed by atoms with E-state index in [9.17, 15) is 9.59 Å². The van der Waals surface area contributed by atoms with E-state index in [-0.39, 0.29) is 30.4 Å². The highest BCUT2D eigenvalue weighted by atomic mass is 79.9. The van der Waals surface area contributed by atoms with Crippen LogP contribution in [0.25, 0.3) is 0 Å². The molecule has 0 bridgehead atoms. The third-order valence-electron chi connectivity index (χ3n) is 7.42. The molecular weight excluding hydrogens is 584 g/mol. The van der Waals surface area contributed by atoms with Gasteiger partial charge in [-0.3, -0.25) is 4.90 Å². The Morgan fingerprint density at radius 3 is 2.60 bits per heavy atom. The zero-order valence-corrected chi connectivity index (χ0v) is 23.7. The van der Waals surface area contributed by atoms with Crippen molar-refractivity contribution in [1.82, 2.24) is 10.2 Å². The smallest absolute Gasteiger partial charge is 0.413 e. The number of amides is 1. The summed E-state index contributed by atoms with van der Waals surface area (Å²) in [7, 11) is 5.00. The Labute approximate surface area is 239 Å². The Balaban J connectivity index is 1.38. The number of nitrogens with zero attached hydrogens (tertiary/aromatic N) is 1. The summed E-state index contributed by atoms with van der Waals surface area (Å²) >= 11 is 3.70. The first kappa shape index (κ1) is 26.3. The summed E-state index contributed by atoms with van der Waals surface area (Å²) < 4.78 is 35.3. The van der Waals surface area contributed by atoms with E-state index in [4.69, 9.17) is 28.4 Å². The molecule has 0 radical (unpaired) electrons. The maximum atomic E-state index is 13.4. The number of carbonyl (C=O) groups excluding carboxylic acids is 2. The van der Waals surface area contributed by atoms with Crippen LogP contribution in [0.5, 0.6) is 28.7 Å². The second-order valence-corrected chi connectivity index (χ2v) is 10.4. The number of hydrogen-bond acceptors (Lipinski definition) is 9. The van der Waals surface area contributed by atoms with E-state index in [1.54, 1.807) is 19.2 Å². The van der Waals surface area contributed by atoms with Gasteiger partial charge in [-0.25, -0.2) is 9.59 Å². The van der Waals surface area contributed by atoms with Crippen LogP contribution in [0, 0.1) is 0 Å². The molecule has 3 aromatic rings. The molecule has 2 atom stereocenters. The van der Waals surface area contributed by atoms with E-state index in [0.29, 0.717) is 29.4 Å². The number of esters is 1. The average Bonchev–Trinajstić information content (AvgIpc) is 3.58. The van der Waals surface area contributed by atoms with Gasteiger partial charge < -0.3 is 33.7 Å². The van der Waals surface area contributed by atoms with Crippen LogP contribution < -0.4 is 29.0 Å². The van der Waals surface area contributed by atoms with Crippen LogP contribution in [0.1, 0.15) is 44.8 Å². The Morgan fingerprint density at radius 1 is 1.07 bits per heavy atom. The number of carbonyl (C=O) groups is 2. The number of benzene rings is 3. The number of methoxy groups -OCH3 is 2. The Bertz CT molecular complexity index is 1500. The summed E-state index contributed by atoms with van der Waals surface area (Å²) in [6.07, 6.45) is -0.708. The van der Waals surface area contributed by atoms with Crippen molar-refractivity contribution in [3.8, 4) is 28.7 Å². The molecule has 6 rings (SSSR count). The van der Waals surface area contributed by atoms with Gasteiger partial charge in [0.25, 0.3) is 0 Å². The lowest BCUT2D eigenvalue weighted by Gasteiger charge is -2.39. The van der Waals surface area contributed by atoms with Crippen LogP contribution >= 0.6 is 15.9 Å². The number of cyclic esters (lactones) is 1. The van der Waals surface area contributed by atoms with Gasteiger partial charge in [0.05, 0.1) is 24.7 Å². The lowest BCUT2D eigenvalue weighted by Crippen LogP contribution is -2.36. The van der Waals surface area contributed by atoms with E-state index in [1.807, 2.05) is 37.4 Å². The zero-order valence-electron chi connectivity index (χ0n) is 22.1. The maximum Gasteiger partial charge on any atom is 0.413 e. The van der Waals surface area contributed by atoms with Gasteiger partial charge in [0.1, 0.15) is 11.7 Å². The van der Waals surface area contributed by atoms with Gasteiger partial charge in [0.15, 0.2) is 23.0 Å². The van der Waals surface area contributed by atoms with Gasteiger partial charge in [-0.2, -0.15) is 0 Å². The molecular formula is C29H27BrN2O8. The van der Waals surface area contributed by atoms with E-state index in [1.165, 1.54) is 7.11 Å². The molecule has 3 aromatic carbocycles. The van der Waals surface area contributed by atoms with Crippen LogP contribution in [0.15, 0.2) is 46.9 Å². The summed E-state index contributed by atoms with van der Waals surface area (Å²) in [5.74, 6) is 1.29. The van der Waals surface area contributed by atoms with Crippen molar-refractivity contribution in [2.24, 2.45) is 0 Å². The highest BCUT2D eigenvalue weighted by Gasteiger charge is 2.47. The predicted octanol–water partition coefficient (Wildman–Crippen LogP) is 4.92. The van der Waals surface area contributed by atoms with Gasteiger partial charge in [-0.05, 0) is 46.6 Å². The molecule has 40 heavy (non-hydrogen) atoms. The van der Waals surface area contributed by atoms with Crippen molar-refractivity contribution < 1.29 is 38.0 Å². The average molecular weight is 611 g/mol. The zero-order chi connectivity index (χ0) is 28.0. The fraction of sp³-hybridized carbons (Fsp3) is 0.310. The van der Waals surface area contributed by atoms with Gasteiger partial charge in [0, 0.05) is 24.2 Å². The number of rotatable bonds is 6. The molecule has 208 valence electrons. The quantitative estimate of drug-likeness (QED) is 0.389. The second-order valence-electron chi connectivity index (χ2n) is 9.60. The molecule has 0 aromatic heterocycles. The molecule has 10 nitrogen and oxygen atoms in total. The lowest BCUT2D eigenvalue weighted by molar-refractivity contribution is 0.00872. The van der Waals surface area contributed by atoms with E-state index < -0.39 is 24.2 Å². The molecule has 0 fully saturated rings. The first-order valence-electron chi connectivity index (χ1n) is 12.7. The molecule has 3 aliphatic heterocycles. The topological polar surface area (TPSA) is 105 Å². The fourth-order valence-corrected chi connectivity index (χ4v) is 6.28. The van der Waals surface area contributed by atoms with Gasteiger partial charge in [-0.1, -0.05) is 36.4 Å². The minimum Gasteiger partial charge on any atom is -0.493 e. The Hall–Kier alpha value is -3.96. The standard InChI is InChI=1S/C29H27BrN2O8/c1-32-12-11-16-19(25(36-3)27-26(21(16)30)37-14-38-27)22(32)23-17-9-10-18(35-2)24(20(17)28(33)39-23)40-29(34)31-13-15-7-5-4-6-8-15/h4-10,22-23H,11-14H2,1-3H3,(H,31,34)/t22-,23+/m1/s1. The van der Waals surface area contributed by atoms with E-state index in [2.05, 4.69) is 26.1 Å². The molecule has 0 saturated carbocycles. The van der Waals surface area contributed by atoms with Crippen molar-refractivity contribution >= 4 is 28.0 Å². The van der Waals surface area contributed by atoms with Crippen LogP contribution in [0.3, 0.4) is 0 Å². The highest BCUT2D eigenvalue weighted by Crippen LogP contribution is 2.58. The minimum absolute atomic E-state index is 0.00980. The normalized spacial score (nSPS) is 18.9. The SMILES string of the molecule is COc1ccc2c(c1OC(=O)NCc1ccccc1)C(=O)O[C@@H]2[C@H]1c2c(c(Br)c3c(c2OC)OCO3)CCN1C. The fourth-order valence-electron chi connectivity index (χ4n) is 5.57. The first-order valence-corrected chi connectivity index (χ1v) is 13.5. The largest absolute Gasteiger partial charge is 0.493 e. The number of halogens is 1. The maximum absolute atomic E-state index is 13.4. The predicted molar refractivity (Wildman–Crippen MR) is 146 cm³/mol. The number of hydrogen-bond donors (Lipinski definition) is 1. The van der Waals surface area contributed by atoms with Crippen LogP contribution in [-0.2, 0) is 17.7 Å². The van der Waals surface area contributed by atoms with Gasteiger partial charge in [-0.15, -0.1) is 0 Å². The summed E-state index contributed by atoms with van der Waals surface area (Å²) in [6.45, 7) is 1.05. The minimum atomic E-state index is -0.717. The van der Waals surface area contributed by atoms with Crippen LogP contribution in [0.2, 0.25) is 0 Å². The molecule has 1 amide bonds. The molecule has 0 unspecified atom stereocenters. The van der Waals surface area contributed by atoms with Gasteiger partial charge in [0.2, 0.25) is 12.5 Å². The molecule has 3 aliphatic rings. The number of ether oxygens (including phenoxy) is 6. The van der Waals surface area contributed by atoms with Crippen molar-refractivity contribution in [2.45, 2.75) is 25.1 Å². The third kappa shape index (κ3) is 4.29. The monoisotopic (exact) mass is 610 g/mol. The molecule has 1 N–H and O–H groups in total. The summed E-state index contributed by atoms with van der Waals surface area (Å²) in [4.78, 5) is 28.3. The summed E-state index contributed by atoms with van der Waals surface area (Å²) in [5.41, 5.74) is 3.48. The van der Waals surface area contributed by atoms with Crippen molar-refractivity contribution in [1.29, 1.82) is 0 Å². The van der Waals surface area contributed by atoms with Crippen LogP contribution in [-0.4, -0.2) is 51.6 Å². The van der Waals surface area contributed by atoms with Gasteiger partial charge >= 0.3 is 12.1 Å². The third-order valence-corrected chi connectivity index (χ3v) is 8.26.